The zero-order chi connectivity index (χ0) is 28.8. The van der Waals surface area contributed by atoms with E-state index in [1.807, 2.05) is 24.3 Å². The van der Waals surface area contributed by atoms with Crippen LogP contribution in [0.15, 0.2) is 54.6 Å². The van der Waals surface area contributed by atoms with Crippen LogP contribution in [0.2, 0.25) is 0 Å². The van der Waals surface area contributed by atoms with Gasteiger partial charge in [-0.1, -0.05) is 12.1 Å². The topological polar surface area (TPSA) is 105 Å². The summed E-state index contributed by atoms with van der Waals surface area (Å²) in [6, 6.07) is 15.3. The second-order valence-electron chi connectivity index (χ2n) is 9.07. The number of amides is 2. The predicted molar refractivity (Wildman–Crippen MR) is 150 cm³/mol. The molecule has 1 heterocycles. The minimum atomic E-state index is -0.640. The van der Waals surface area contributed by atoms with E-state index in [0.717, 1.165) is 5.56 Å². The molecule has 2 atom stereocenters. The third kappa shape index (κ3) is 5.56. The highest BCUT2D eigenvalue weighted by atomic mass is 16.5. The first-order valence-corrected chi connectivity index (χ1v) is 12.7. The van der Waals surface area contributed by atoms with Crippen molar-refractivity contribution in [2.75, 3.05) is 52.9 Å². The molecule has 212 valence electrons. The number of anilines is 2. The number of carbonyl (C=O) groups excluding carboxylic acids is 2. The standard InChI is InChI=1S/C30H34N2O8/c1-35-20-9-7-18(8-10-20)28-22(30(34)31-23-13-11-21(36-2)17-24(23)37-3)12-14-27(33)32(28)19-15-25(38-4)29(40-6)26(16-19)39-5/h7-11,13,15-17,22,28H,12,14H2,1-6H3,(H,31,34)/t22-,28+/m1/s1. The summed E-state index contributed by atoms with van der Waals surface area (Å²) in [6.07, 6.45) is 0.516. The van der Waals surface area contributed by atoms with E-state index in [1.54, 1.807) is 49.5 Å². The molecule has 1 saturated heterocycles. The fraction of sp³-hybridized carbons (Fsp3) is 0.333. The van der Waals surface area contributed by atoms with Crippen LogP contribution in [0.25, 0.3) is 0 Å². The fourth-order valence-electron chi connectivity index (χ4n) is 4.99. The van der Waals surface area contributed by atoms with Gasteiger partial charge in [0.1, 0.15) is 17.2 Å². The molecule has 0 aromatic heterocycles. The van der Waals surface area contributed by atoms with Gasteiger partial charge in [0.05, 0.1) is 66.0 Å². The molecule has 0 aliphatic carbocycles. The molecule has 3 aromatic carbocycles. The quantitative estimate of drug-likeness (QED) is 0.382. The monoisotopic (exact) mass is 550 g/mol. The summed E-state index contributed by atoms with van der Waals surface area (Å²) in [6.45, 7) is 0. The molecule has 1 N–H and O–H groups in total. The average Bonchev–Trinajstić information content (AvgIpc) is 3.00. The number of nitrogens with zero attached hydrogens (tertiary/aromatic N) is 1. The Morgan fingerprint density at radius 3 is 1.90 bits per heavy atom. The van der Waals surface area contributed by atoms with Gasteiger partial charge in [0, 0.05) is 24.6 Å². The van der Waals surface area contributed by atoms with Crippen LogP contribution in [0.3, 0.4) is 0 Å². The van der Waals surface area contributed by atoms with Crippen molar-refractivity contribution in [1.29, 1.82) is 0 Å². The Kier molecular flexibility index (Phi) is 8.88. The Morgan fingerprint density at radius 1 is 0.750 bits per heavy atom. The Bertz CT molecular complexity index is 1330. The third-order valence-electron chi connectivity index (χ3n) is 6.99. The molecule has 0 saturated carbocycles. The molecule has 0 spiro atoms. The van der Waals surface area contributed by atoms with Gasteiger partial charge in [-0.15, -0.1) is 0 Å². The van der Waals surface area contributed by atoms with E-state index in [1.165, 1.54) is 28.4 Å². The molecule has 10 heteroatoms. The van der Waals surface area contributed by atoms with Gasteiger partial charge in [0.15, 0.2) is 11.5 Å². The van der Waals surface area contributed by atoms with E-state index in [4.69, 9.17) is 28.4 Å². The highest BCUT2D eigenvalue weighted by molar-refractivity contribution is 6.01. The smallest absolute Gasteiger partial charge is 0.230 e. The van der Waals surface area contributed by atoms with Crippen molar-refractivity contribution in [3.05, 3.63) is 60.2 Å². The molecular formula is C30H34N2O8. The molecule has 0 radical (unpaired) electrons. The summed E-state index contributed by atoms with van der Waals surface area (Å²) < 4.78 is 32.7. The van der Waals surface area contributed by atoms with E-state index < -0.39 is 12.0 Å². The lowest BCUT2D eigenvalue weighted by atomic mass is 9.83. The summed E-state index contributed by atoms with van der Waals surface area (Å²) >= 11 is 0. The second kappa shape index (κ2) is 12.5. The summed E-state index contributed by atoms with van der Waals surface area (Å²) in [5, 5.41) is 3.00. The summed E-state index contributed by atoms with van der Waals surface area (Å²) in [7, 11) is 9.20. The molecule has 10 nitrogen and oxygen atoms in total. The van der Waals surface area contributed by atoms with Crippen LogP contribution in [0, 0.1) is 5.92 Å². The lowest BCUT2D eigenvalue weighted by molar-refractivity contribution is -0.125. The van der Waals surface area contributed by atoms with Crippen molar-refractivity contribution in [2.24, 2.45) is 5.92 Å². The Labute approximate surface area is 233 Å². The zero-order valence-electron chi connectivity index (χ0n) is 23.5. The van der Waals surface area contributed by atoms with E-state index in [9.17, 15) is 9.59 Å². The van der Waals surface area contributed by atoms with Crippen molar-refractivity contribution >= 4 is 23.2 Å². The van der Waals surface area contributed by atoms with Gasteiger partial charge < -0.3 is 38.6 Å². The highest BCUT2D eigenvalue weighted by Crippen LogP contribution is 2.46. The van der Waals surface area contributed by atoms with Gasteiger partial charge in [-0.25, -0.2) is 0 Å². The molecule has 1 fully saturated rings. The molecule has 2 amide bonds. The van der Waals surface area contributed by atoms with Crippen molar-refractivity contribution in [2.45, 2.75) is 18.9 Å². The number of carbonyl (C=O) groups is 2. The number of benzene rings is 3. The summed E-state index contributed by atoms with van der Waals surface area (Å²) in [4.78, 5) is 29.1. The first-order chi connectivity index (χ1) is 19.4. The SMILES string of the molecule is COc1ccc([C@H]2[C@H](C(=O)Nc3ccc(OC)cc3OC)CCC(=O)N2c2cc(OC)c(OC)c(OC)c2)cc1. The van der Waals surface area contributed by atoms with Crippen molar-refractivity contribution in [1.82, 2.24) is 0 Å². The van der Waals surface area contributed by atoms with Crippen LogP contribution in [-0.4, -0.2) is 54.5 Å². The van der Waals surface area contributed by atoms with Crippen LogP contribution in [0.4, 0.5) is 11.4 Å². The number of hydrogen-bond donors (Lipinski definition) is 1. The zero-order valence-corrected chi connectivity index (χ0v) is 23.5. The average molecular weight is 551 g/mol. The van der Waals surface area contributed by atoms with Gasteiger partial charge in [-0.3, -0.25) is 9.59 Å². The highest BCUT2D eigenvalue weighted by Gasteiger charge is 2.42. The van der Waals surface area contributed by atoms with Gasteiger partial charge in [0.2, 0.25) is 17.6 Å². The Hall–Kier alpha value is -4.60. The molecule has 40 heavy (non-hydrogen) atoms. The summed E-state index contributed by atoms with van der Waals surface area (Å²) in [5.74, 6) is 1.92. The van der Waals surface area contributed by atoms with Crippen molar-refractivity contribution < 1.29 is 38.0 Å². The van der Waals surface area contributed by atoms with E-state index >= 15 is 0 Å². The Morgan fingerprint density at radius 2 is 1.35 bits per heavy atom. The fourth-order valence-corrected chi connectivity index (χ4v) is 4.99. The molecule has 1 aliphatic heterocycles. The molecule has 0 bridgehead atoms. The molecule has 3 aromatic rings. The maximum atomic E-state index is 13.9. The molecular weight excluding hydrogens is 516 g/mol. The number of piperidine rings is 1. The first-order valence-electron chi connectivity index (χ1n) is 12.7. The maximum absolute atomic E-state index is 13.9. The predicted octanol–water partition coefficient (Wildman–Crippen LogP) is 4.86. The second-order valence-corrected chi connectivity index (χ2v) is 9.07. The van der Waals surface area contributed by atoms with Gasteiger partial charge in [-0.05, 0) is 36.2 Å². The summed E-state index contributed by atoms with van der Waals surface area (Å²) in [5.41, 5.74) is 1.78. The Balaban J connectivity index is 1.81. The number of ether oxygens (including phenoxy) is 6. The van der Waals surface area contributed by atoms with Crippen LogP contribution in [0.5, 0.6) is 34.5 Å². The lowest BCUT2D eigenvalue weighted by Crippen LogP contribution is -2.47. The number of methoxy groups -OCH3 is 6. The van der Waals surface area contributed by atoms with Crippen LogP contribution in [-0.2, 0) is 9.59 Å². The molecule has 0 unspecified atom stereocenters. The van der Waals surface area contributed by atoms with Crippen molar-refractivity contribution in [3.63, 3.8) is 0 Å². The molecule has 1 aliphatic rings. The maximum Gasteiger partial charge on any atom is 0.230 e. The number of rotatable bonds is 10. The van der Waals surface area contributed by atoms with E-state index in [0.29, 0.717) is 52.3 Å². The number of hydrogen-bond acceptors (Lipinski definition) is 8. The minimum Gasteiger partial charge on any atom is -0.497 e. The first kappa shape index (κ1) is 28.4. The van der Waals surface area contributed by atoms with E-state index in [-0.39, 0.29) is 18.2 Å². The van der Waals surface area contributed by atoms with Crippen LogP contribution < -0.4 is 38.6 Å². The van der Waals surface area contributed by atoms with Gasteiger partial charge >= 0.3 is 0 Å². The minimum absolute atomic E-state index is 0.138. The van der Waals surface area contributed by atoms with Crippen LogP contribution >= 0.6 is 0 Å². The van der Waals surface area contributed by atoms with Crippen molar-refractivity contribution in [3.8, 4) is 34.5 Å². The normalized spacial score (nSPS) is 16.6. The lowest BCUT2D eigenvalue weighted by Gasteiger charge is -2.41. The third-order valence-corrected chi connectivity index (χ3v) is 6.99. The largest absolute Gasteiger partial charge is 0.497 e. The molecule has 4 rings (SSSR count). The van der Waals surface area contributed by atoms with Gasteiger partial charge in [0.25, 0.3) is 0 Å². The van der Waals surface area contributed by atoms with Gasteiger partial charge in [-0.2, -0.15) is 0 Å². The van der Waals surface area contributed by atoms with Crippen LogP contribution in [0.1, 0.15) is 24.4 Å². The van der Waals surface area contributed by atoms with E-state index in [2.05, 4.69) is 5.32 Å². The number of nitrogens with one attached hydrogen (secondary N) is 1.